The van der Waals surface area contributed by atoms with Gasteiger partial charge in [0.15, 0.2) is 0 Å². The van der Waals surface area contributed by atoms with Gasteiger partial charge in [-0.25, -0.2) is 0 Å². The van der Waals surface area contributed by atoms with Crippen LogP contribution in [0.5, 0.6) is 0 Å². The van der Waals surface area contributed by atoms with Crippen LogP contribution in [0.3, 0.4) is 0 Å². The minimum absolute atomic E-state index is 0.0603. The van der Waals surface area contributed by atoms with Crippen LogP contribution >= 0.6 is 0 Å². The number of rotatable bonds is 1. The summed E-state index contributed by atoms with van der Waals surface area (Å²) in [6, 6.07) is 0. The van der Waals surface area contributed by atoms with E-state index in [2.05, 4.69) is 33.4 Å². The monoisotopic (exact) mass is 262 g/mol. The van der Waals surface area contributed by atoms with Crippen molar-refractivity contribution in [1.29, 1.82) is 0 Å². The van der Waals surface area contributed by atoms with Gasteiger partial charge in [-0.1, -0.05) is 32.1 Å². The molecule has 2 rings (SSSR count). The lowest BCUT2D eigenvalue weighted by Crippen LogP contribution is -2.44. The molecule has 0 saturated heterocycles. The van der Waals surface area contributed by atoms with Crippen molar-refractivity contribution in [3.63, 3.8) is 0 Å². The number of allylic oxidation sites excluding steroid dienone is 2. The van der Waals surface area contributed by atoms with Crippen molar-refractivity contribution < 1.29 is 9.53 Å². The molecule has 1 fully saturated rings. The SMILES string of the molecule is C=C1CCC(OC(C)=O)C(C)=CC[C@@H]2[C@@H]1CC2(C)C. The average molecular weight is 262 g/mol. The van der Waals surface area contributed by atoms with Gasteiger partial charge in [0.05, 0.1) is 0 Å². The number of carbonyl (C=O) groups excluding carboxylic acids is 1. The molecule has 2 heteroatoms. The molecule has 3 atom stereocenters. The van der Waals surface area contributed by atoms with Crippen LogP contribution in [0.2, 0.25) is 0 Å². The van der Waals surface area contributed by atoms with Crippen LogP contribution in [-0.2, 0) is 9.53 Å². The summed E-state index contributed by atoms with van der Waals surface area (Å²) in [6.45, 7) is 12.6. The Bertz CT molecular complexity index is 417. The minimum atomic E-state index is -0.189. The minimum Gasteiger partial charge on any atom is -0.458 e. The maximum atomic E-state index is 11.2. The second-order valence-electron chi connectivity index (χ2n) is 6.88. The van der Waals surface area contributed by atoms with Crippen molar-refractivity contribution in [3.05, 3.63) is 23.8 Å². The predicted octanol–water partition coefficient (Wildman–Crippen LogP) is 4.27. The molecular weight excluding hydrogens is 236 g/mol. The highest BCUT2D eigenvalue weighted by Crippen LogP contribution is 2.56. The first-order valence-corrected chi connectivity index (χ1v) is 7.33. The van der Waals surface area contributed by atoms with E-state index in [1.54, 1.807) is 0 Å². The molecule has 0 heterocycles. The van der Waals surface area contributed by atoms with Gasteiger partial charge in [-0.3, -0.25) is 4.79 Å². The smallest absolute Gasteiger partial charge is 0.303 e. The molecule has 2 aliphatic rings. The molecule has 0 aromatic rings. The van der Waals surface area contributed by atoms with Gasteiger partial charge in [-0.15, -0.1) is 0 Å². The third kappa shape index (κ3) is 2.93. The molecule has 1 saturated carbocycles. The van der Waals surface area contributed by atoms with Crippen molar-refractivity contribution in [3.8, 4) is 0 Å². The van der Waals surface area contributed by atoms with Crippen LogP contribution in [0.4, 0.5) is 0 Å². The molecule has 0 aromatic carbocycles. The molecule has 0 spiro atoms. The first-order chi connectivity index (χ1) is 8.81. The van der Waals surface area contributed by atoms with Crippen molar-refractivity contribution in [2.24, 2.45) is 17.3 Å². The molecule has 1 unspecified atom stereocenters. The van der Waals surface area contributed by atoms with Crippen LogP contribution < -0.4 is 0 Å². The Morgan fingerprint density at radius 3 is 2.74 bits per heavy atom. The summed E-state index contributed by atoms with van der Waals surface area (Å²) >= 11 is 0. The largest absolute Gasteiger partial charge is 0.458 e. The fourth-order valence-electron chi connectivity index (χ4n) is 3.68. The van der Waals surface area contributed by atoms with Crippen LogP contribution in [0.15, 0.2) is 23.8 Å². The highest BCUT2D eigenvalue weighted by atomic mass is 16.5. The number of hydrogen-bond donors (Lipinski definition) is 0. The Labute approximate surface area is 116 Å². The summed E-state index contributed by atoms with van der Waals surface area (Å²) in [7, 11) is 0. The van der Waals surface area contributed by atoms with E-state index in [-0.39, 0.29) is 12.1 Å². The van der Waals surface area contributed by atoms with Crippen molar-refractivity contribution in [2.75, 3.05) is 0 Å². The summed E-state index contributed by atoms with van der Waals surface area (Å²) < 4.78 is 5.44. The van der Waals surface area contributed by atoms with Gasteiger partial charge in [0.2, 0.25) is 0 Å². The van der Waals surface area contributed by atoms with Crippen LogP contribution in [0, 0.1) is 17.3 Å². The van der Waals surface area contributed by atoms with E-state index >= 15 is 0 Å². The number of carbonyl (C=O) groups is 1. The third-order valence-electron chi connectivity index (χ3n) is 5.00. The lowest BCUT2D eigenvalue weighted by Gasteiger charge is -2.52. The fraction of sp³-hybridized carbons (Fsp3) is 0.706. The van der Waals surface area contributed by atoms with E-state index in [1.165, 1.54) is 24.5 Å². The van der Waals surface area contributed by atoms with Crippen LogP contribution in [0.1, 0.15) is 53.4 Å². The van der Waals surface area contributed by atoms with Crippen molar-refractivity contribution >= 4 is 5.97 Å². The number of esters is 1. The standard InChI is InChI=1S/C17H26O2/c1-11-7-9-16(19-13(3)18)12(2)6-8-15-14(11)10-17(15,4)5/h6,14-16H,1,7-10H2,2-5H3/t14-,15-,16?/m1/s1. The maximum Gasteiger partial charge on any atom is 0.303 e. The van der Waals surface area contributed by atoms with Crippen LogP contribution in [0.25, 0.3) is 0 Å². The Morgan fingerprint density at radius 2 is 2.16 bits per heavy atom. The lowest BCUT2D eigenvalue weighted by atomic mass is 9.52. The quantitative estimate of drug-likeness (QED) is 0.521. The first kappa shape index (κ1) is 14.4. The highest BCUT2D eigenvalue weighted by Gasteiger charge is 2.47. The summed E-state index contributed by atoms with van der Waals surface area (Å²) in [6.07, 6.45) is 6.41. The summed E-state index contributed by atoms with van der Waals surface area (Å²) in [4.78, 5) is 11.2. The average Bonchev–Trinajstić information content (AvgIpc) is 2.33. The highest BCUT2D eigenvalue weighted by molar-refractivity contribution is 5.66. The van der Waals surface area contributed by atoms with E-state index in [9.17, 15) is 4.79 Å². The molecule has 0 bridgehead atoms. The number of ether oxygens (including phenoxy) is 1. The second-order valence-corrected chi connectivity index (χ2v) is 6.88. The van der Waals surface area contributed by atoms with Gasteiger partial charge in [0.1, 0.15) is 6.10 Å². The third-order valence-corrected chi connectivity index (χ3v) is 5.00. The molecule has 106 valence electrons. The summed E-state index contributed by atoms with van der Waals surface area (Å²) in [5.74, 6) is 1.17. The predicted molar refractivity (Wildman–Crippen MR) is 77.7 cm³/mol. The zero-order valence-corrected chi connectivity index (χ0v) is 12.7. The normalized spacial score (nSPS) is 34.0. The Kier molecular flexibility index (Phi) is 3.89. The topological polar surface area (TPSA) is 26.3 Å². The van der Waals surface area contributed by atoms with E-state index in [1.807, 2.05) is 0 Å². The maximum absolute atomic E-state index is 11.2. The Morgan fingerprint density at radius 1 is 1.47 bits per heavy atom. The summed E-state index contributed by atoms with van der Waals surface area (Å²) in [5, 5.41) is 0. The molecule has 2 aliphatic carbocycles. The molecule has 0 amide bonds. The zero-order valence-electron chi connectivity index (χ0n) is 12.7. The van der Waals surface area contributed by atoms with E-state index in [0.29, 0.717) is 17.3 Å². The molecule has 0 aliphatic heterocycles. The van der Waals surface area contributed by atoms with Crippen molar-refractivity contribution in [2.45, 2.75) is 59.5 Å². The molecule has 0 radical (unpaired) electrons. The molecule has 19 heavy (non-hydrogen) atoms. The van der Waals surface area contributed by atoms with Gasteiger partial charge < -0.3 is 4.74 Å². The van der Waals surface area contributed by atoms with E-state index in [0.717, 1.165) is 19.3 Å². The Hall–Kier alpha value is -1.05. The van der Waals surface area contributed by atoms with Gasteiger partial charge in [-0.05, 0) is 55.4 Å². The van der Waals surface area contributed by atoms with Gasteiger partial charge in [0.25, 0.3) is 0 Å². The number of hydrogen-bond acceptors (Lipinski definition) is 2. The summed E-state index contributed by atoms with van der Waals surface area (Å²) in [5.41, 5.74) is 2.97. The van der Waals surface area contributed by atoms with Crippen molar-refractivity contribution in [1.82, 2.24) is 0 Å². The van der Waals surface area contributed by atoms with Crippen LogP contribution in [-0.4, -0.2) is 12.1 Å². The molecule has 0 aromatic heterocycles. The molecule has 0 N–H and O–H groups in total. The van der Waals surface area contributed by atoms with Gasteiger partial charge in [-0.2, -0.15) is 0 Å². The first-order valence-electron chi connectivity index (χ1n) is 7.33. The van der Waals surface area contributed by atoms with E-state index in [4.69, 9.17) is 4.74 Å². The second kappa shape index (κ2) is 5.15. The molecule has 2 nitrogen and oxygen atoms in total. The number of fused-ring (bicyclic) bond motifs is 1. The molecular formula is C17H26O2. The zero-order chi connectivity index (χ0) is 14.2. The van der Waals surface area contributed by atoms with Gasteiger partial charge >= 0.3 is 5.97 Å². The Balaban J connectivity index is 2.16. The lowest BCUT2D eigenvalue weighted by molar-refractivity contribution is -0.144. The van der Waals surface area contributed by atoms with E-state index < -0.39 is 0 Å². The van der Waals surface area contributed by atoms with Gasteiger partial charge in [0, 0.05) is 6.92 Å². The fourth-order valence-corrected chi connectivity index (χ4v) is 3.68.